The Morgan fingerprint density at radius 2 is 1.70 bits per heavy atom. The van der Waals surface area contributed by atoms with Gasteiger partial charge in [0.25, 0.3) is 0 Å². The number of ether oxygens (including phenoxy) is 1. The molecule has 1 amide bonds. The highest BCUT2D eigenvalue weighted by atomic mass is 16.5. The van der Waals surface area contributed by atoms with E-state index in [4.69, 9.17) is 4.74 Å². The van der Waals surface area contributed by atoms with Crippen LogP contribution in [0.4, 0.5) is 5.69 Å². The van der Waals surface area contributed by atoms with Crippen molar-refractivity contribution in [1.29, 1.82) is 0 Å². The first kappa shape index (κ1) is 16.9. The van der Waals surface area contributed by atoms with Gasteiger partial charge in [0.05, 0.1) is 24.1 Å². The van der Waals surface area contributed by atoms with E-state index in [-0.39, 0.29) is 17.5 Å². The van der Waals surface area contributed by atoms with Crippen LogP contribution in [0.1, 0.15) is 18.4 Å². The van der Waals surface area contributed by atoms with Crippen molar-refractivity contribution in [1.82, 2.24) is 9.97 Å². The lowest BCUT2D eigenvalue weighted by molar-refractivity contribution is -0.117. The predicted octanol–water partition coefficient (Wildman–Crippen LogP) is 3.76. The predicted molar refractivity (Wildman–Crippen MR) is 106 cm³/mol. The summed E-state index contributed by atoms with van der Waals surface area (Å²) in [5.41, 5.74) is 2.66. The number of imidazole rings is 1. The molecule has 1 heterocycles. The Morgan fingerprint density at radius 1 is 0.963 bits per heavy atom. The van der Waals surface area contributed by atoms with E-state index >= 15 is 0 Å². The smallest absolute Gasteiger partial charge is 0.323 e. The van der Waals surface area contributed by atoms with Crippen molar-refractivity contribution in [2.45, 2.75) is 12.8 Å². The molecule has 3 N–H and O–H groups in total. The van der Waals surface area contributed by atoms with Crippen LogP contribution in [0.15, 0.2) is 59.4 Å². The summed E-state index contributed by atoms with van der Waals surface area (Å²) in [7, 11) is 1.64. The average Bonchev–Trinajstić information content (AvgIpc) is 3.05. The summed E-state index contributed by atoms with van der Waals surface area (Å²) in [6.07, 6.45) is 0. The van der Waals surface area contributed by atoms with E-state index in [1.54, 1.807) is 25.3 Å². The Hall–Kier alpha value is -3.54. The summed E-state index contributed by atoms with van der Waals surface area (Å²) in [5, 5.41) is 5.03. The number of fused-ring (bicyclic) bond motifs is 2. The normalized spacial score (nSPS) is 12.2. The fourth-order valence-corrected chi connectivity index (χ4v) is 3.15. The van der Waals surface area contributed by atoms with E-state index < -0.39 is 0 Å². The number of hydrogen-bond donors (Lipinski definition) is 3. The Balaban J connectivity index is 1.57. The largest absolute Gasteiger partial charge is 0.497 e. The number of amides is 1. The number of benzene rings is 3. The molecular formula is C21H19N3O3. The topological polar surface area (TPSA) is 87.0 Å². The average molecular weight is 361 g/mol. The Bertz CT molecular complexity index is 1210. The summed E-state index contributed by atoms with van der Waals surface area (Å²) < 4.78 is 5.25. The monoisotopic (exact) mass is 361 g/mol. The van der Waals surface area contributed by atoms with Crippen LogP contribution in [0, 0.1) is 0 Å². The fraction of sp³-hybridized carbons (Fsp3) is 0.143. The molecule has 6 heteroatoms. The summed E-state index contributed by atoms with van der Waals surface area (Å²) >= 11 is 0. The van der Waals surface area contributed by atoms with E-state index in [1.165, 1.54) is 0 Å². The van der Waals surface area contributed by atoms with Crippen LogP contribution < -0.4 is 15.7 Å². The maximum atomic E-state index is 12.7. The molecule has 6 nitrogen and oxygen atoms in total. The van der Waals surface area contributed by atoms with Crippen molar-refractivity contribution < 1.29 is 9.53 Å². The van der Waals surface area contributed by atoms with Gasteiger partial charge in [-0.1, -0.05) is 24.3 Å². The second-order valence-corrected chi connectivity index (χ2v) is 6.52. The van der Waals surface area contributed by atoms with E-state index in [9.17, 15) is 9.59 Å². The molecule has 0 aliphatic heterocycles. The molecule has 27 heavy (non-hydrogen) atoms. The lowest BCUT2D eigenvalue weighted by Gasteiger charge is -2.14. The van der Waals surface area contributed by atoms with Crippen LogP contribution in [0.2, 0.25) is 0 Å². The first-order valence-electron chi connectivity index (χ1n) is 8.64. The van der Waals surface area contributed by atoms with Crippen LogP contribution in [-0.4, -0.2) is 23.0 Å². The van der Waals surface area contributed by atoms with Gasteiger partial charge in [-0.15, -0.1) is 0 Å². The van der Waals surface area contributed by atoms with Crippen LogP contribution in [-0.2, 0) is 4.79 Å². The summed E-state index contributed by atoms with van der Waals surface area (Å²) in [5.74, 6) is 0.372. The third kappa shape index (κ3) is 3.29. The lowest BCUT2D eigenvalue weighted by atomic mass is 9.97. The number of rotatable bonds is 4. The molecule has 0 saturated carbocycles. The number of carbonyl (C=O) groups excluding carboxylic acids is 1. The Labute approximate surface area is 155 Å². The summed E-state index contributed by atoms with van der Waals surface area (Å²) in [4.78, 5) is 29.4. The summed E-state index contributed by atoms with van der Waals surface area (Å²) in [6.45, 7) is 1.87. The third-order valence-corrected chi connectivity index (χ3v) is 4.75. The molecule has 4 aromatic rings. The van der Waals surface area contributed by atoms with Gasteiger partial charge in [0.2, 0.25) is 5.91 Å². The number of anilines is 1. The van der Waals surface area contributed by atoms with Crippen LogP contribution in [0.5, 0.6) is 5.75 Å². The number of nitrogens with one attached hydrogen (secondary N) is 3. The molecule has 0 radical (unpaired) electrons. The number of methoxy groups -OCH3 is 1. The summed E-state index contributed by atoms with van der Waals surface area (Å²) in [6, 6.07) is 17.1. The molecule has 0 spiro atoms. The fourth-order valence-electron chi connectivity index (χ4n) is 3.15. The second kappa shape index (κ2) is 6.64. The SMILES string of the molecule is COc1ccc2cc([C@H](C)C(=O)Nc3ccc4[nH]c(=O)[nH]c4c3)ccc2c1. The molecule has 0 fully saturated rings. The van der Waals surface area contributed by atoms with E-state index in [0.717, 1.165) is 22.1 Å². The molecule has 1 aromatic heterocycles. The minimum Gasteiger partial charge on any atom is -0.497 e. The molecule has 0 unspecified atom stereocenters. The Kier molecular flexibility index (Phi) is 4.16. The van der Waals surface area contributed by atoms with E-state index in [2.05, 4.69) is 15.3 Å². The molecular weight excluding hydrogens is 342 g/mol. The van der Waals surface area contributed by atoms with Gasteiger partial charge in [0.1, 0.15) is 5.75 Å². The highest BCUT2D eigenvalue weighted by Crippen LogP contribution is 2.26. The van der Waals surface area contributed by atoms with Gasteiger partial charge < -0.3 is 20.0 Å². The maximum Gasteiger partial charge on any atom is 0.323 e. The zero-order chi connectivity index (χ0) is 19.0. The minimum absolute atomic E-state index is 0.111. The first-order valence-corrected chi connectivity index (χ1v) is 8.64. The van der Waals surface area contributed by atoms with E-state index in [0.29, 0.717) is 16.7 Å². The van der Waals surface area contributed by atoms with Crippen molar-refractivity contribution >= 4 is 33.4 Å². The van der Waals surface area contributed by atoms with Crippen molar-refractivity contribution in [2.24, 2.45) is 0 Å². The van der Waals surface area contributed by atoms with Crippen LogP contribution in [0.3, 0.4) is 0 Å². The van der Waals surface area contributed by atoms with Gasteiger partial charge in [0, 0.05) is 5.69 Å². The van der Waals surface area contributed by atoms with Crippen molar-refractivity contribution in [3.05, 3.63) is 70.6 Å². The number of aromatic nitrogens is 2. The van der Waals surface area contributed by atoms with Gasteiger partial charge in [-0.2, -0.15) is 0 Å². The van der Waals surface area contributed by atoms with Crippen molar-refractivity contribution in [3.8, 4) is 5.75 Å². The number of H-pyrrole nitrogens is 2. The third-order valence-electron chi connectivity index (χ3n) is 4.75. The minimum atomic E-state index is -0.322. The molecule has 4 rings (SSSR count). The van der Waals surface area contributed by atoms with Crippen molar-refractivity contribution in [2.75, 3.05) is 12.4 Å². The quantitative estimate of drug-likeness (QED) is 0.517. The first-order chi connectivity index (χ1) is 13.0. The maximum absolute atomic E-state index is 12.7. The molecule has 0 saturated heterocycles. The van der Waals surface area contributed by atoms with Crippen LogP contribution >= 0.6 is 0 Å². The molecule has 3 aromatic carbocycles. The van der Waals surface area contributed by atoms with Crippen LogP contribution in [0.25, 0.3) is 21.8 Å². The van der Waals surface area contributed by atoms with E-state index in [1.807, 2.05) is 43.3 Å². The van der Waals surface area contributed by atoms with Gasteiger partial charge >= 0.3 is 5.69 Å². The number of aromatic amines is 2. The molecule has 136 valence electrons. The van der Waals surface area contributed by atoms with Crippen molar-refractivity contribution in [3.63, 3.8) is 0 Å². The second-order valence-electron chi connectivity index (χ2n) is 6.52. The molecule has 0 bridgehead atoms. The highest BCUT2D eigenvalue weighted by Gasteiger charge is 2.16. The zero-order valence-corrected chi connectivity index (χ0v) is 15.0. The number of carbonyl (C=O) groups is 1. The molecule has 1 atom stereocenters. The highest BCUT2D eigenvalue weighted by molar-refractivity contribution is 5.97. The van der Waals surface area contributed by atoms with Gasteiger partial charge in [0.15, 0.2) is 0 Å². The lowest BCUT2D eigenvalue weighted by Crippen LogP contribution is -2.18. The van der Waals surface area contributed by atoms with Gasteiger partial charge in [-0.25, -0.2) is 4.79 Å². The van der Waals surface area contributed by atoms with Gasteiger partial charge in [-0.05, 0) is 53.6 Å². The molecule has 0 aliphatic carbocycles. The van der Waals surface area contributed by atoms with Gasteiger partial charge in [-0.3, -0.25) is 4.79 Å². The molecule has 0 aliphatic rings. The Morgan fingerprint density at radius 3 is 2.52 bits per heavy atom. The standard InChI is InChI=1S/C21H19N3O3/c1-12(13-3-4-15-10-17(27-2)7-5-14(15)9-13)20(25)22-16-6-8-18-19(11-16)24-21(26)23-18/h3-12H,1-2H3,(H,22,25)(H2,23,24,26)/t12-/m0/s1. The number of hydrogen-bond acceptors (Lipinski definition) is 3. The zero-order valence-electron chi connectivity index (χ0n) is 15.0.